The molecule has 0 atom stereocenters. The van der Waals surface area contributed by atoms with Gasteiger partial charge in [0, 0.05) is 11.1 Å². The molecule has 1 aromatic rings. The van der Waals surface area contributed by atoms with Crippen LogP contribution in [0.3, 0.4) is 0 Å². The summed E-state index contributed by atoms with van der Waals surface area (Å²) >= 11 is 3.09. The molecule has 2 rings (SSSR count). The summed E-state index contributed by atoms with van der Waals surface area (Å²) in [6.45, 7) is 0. The predicted molar refractivity (Wildman–Crippen MR) is 57.4 cm³/mol. The number of hydrogen-bond donors (Lipinski definition) is 2. The first-order valence-electron chi connectivity index (χ1n) is 4.54. The Morgan fingerprint density at radius 3 is 2.67 bits per heavy atom. The Bertz CT molecular complexity index is 418. The minimum absolute atomic E-state index is 0.000463. The molecule has 82 valence electrons. The second-order valence-corrected chi connectivity index (χ2v) is 4.55. The van der Waals surface area contributed by atoms with E-state index in [1.165, 1.54) is 13.2 Å². The number of halogens is 2. The van der Waals surface area contributed by atoms with Crippen molar-refractivity contribution in [2.75, 3.05) is 7.11 Å². The van der Waals surface area contributed by atoms with Gasteiger partial charge in [-0.3, -0.25) is 0 Å². The molecule has 0 unspecified atom stereocenters. The van der Waals surface area contributed by atoms with Gasteiger partial charge in [0.25, 0.3) is 0 Å². The lowest BCUT2D eigenvalue weighted by Gasteiger charge is -2.15. The highest BCUT2D eigenvalue weighted by Crippen LogP contribution is 2.50. The molecular formula is C10H11BrFNO2. The predicted octanol–water partition coefficient (Wildman–Crippen LogP) is 2.25. The van der Waals surface area contributed by atoms with Crippen molar-refractivity contribution in [2.24, 2.45) is 5.73 Å². The van der Waals surface area contributed by atoms with E-state index >= 15 is 0 Å². The molecule has 0 spiro atoms. The molecule has 0 aromatic heterocycles. The monoisotopic (exact) mass is 275 g/mol. The highest BCUT2D eigenvalue weighted by Gasteiger charge is 2.43. The first-order chi connectivity index (χ1) is 6.99. The molecule has 0 heterocycles. The third-order valence-corrected chi connectivity index (χ3v) is 3.42. The van der Waals surface area contributed by atoms with Gasteiger partial charge >= 0.3 is 0 Å². The molecule has 1 aliphatic rings. The van der Waals surface area contributed by atoms with Crippen molar-refractivity contribution < 1.29 is 14.2 Å². The number of phenols is 1. The molecule has 0 aliphatic heterocycles. The fraction of sp³-hybridized carbons (Fsp3) is 0.400. The second kappa shape index (κ2) is 3.35. The van der Waals surface area contributed by atoms with E-state index in [0.717, 1.165) is 12.8 Å². The summed E-state index contributed by atoms with van der Waals surface area (Å²) in [6, 6.07) is 1.24. The molecule has 1 fully saturated rings. The van der Waals surface area contributed by atoms with Gasteiger partial charge in [-0.1, -0.05) is 0 Å². The van der Waals surface area contributed by atoms with Gasteiger partial charge < -0.3 is 15.6 Å². The number of methoxy groups -OCH3 is 1. The lowest BCUT2D eigenvalue weighted by Crippen LogP contribution is -2.19. The summed E-state index contributed by atoms with van der Waals surface area (Å²) in [5, 5.41) is 9.84. The highest BCUT2D eigenvalue weighted by atomic mass is 79.9. The Hall–Kier alpha value is -0.810. The Labute approximate surface area is 95.2 Å². The van der Waals surface area contributed by atoms with Crippen LogP contribution < -0.4 is 10.5 Å². The van der Waals surface area contributed by atoms with Gasteiger partial charge in [-0.15, -0.1) is 0 Å². The van der Waals surface area contributed by atoms with E-state index in [0.29, 0.717) is 5.56 Å². The smallest absolute Gasteiger partial charge is 0.172 e. The number of benzene rings is 1. The molecular weight excluding hydrogens is 265 g/mol. The molecule has 15 heavy (non-hydrogen) atoms. The Morgan fingerprint density at radius 2 is 2.20 bits per heavy atom. The first-order valence-corrected chi connectivity index (χ1v) is 5.33. The van der Waals surface area contributed by atoms with E-state index in [4.69, 9.17) is 10.5 Å². The van der Waals surface area contributed by atoms with Crippen LogP contribution in [0.1, 0.15) is 18.4 Å². The summed E-state index contributed by atoms with van der Waals surface area (Å²) in [5.74, 6) is -0.553. The summed E-state index contributed by atoms with van der Waals surface area (Å²) in [6.07, 6.45) is 1.53. The summed E-state index contributed by atoms with van der Waals surface area (Å²) in [4.78, 5) is 0. The van der Waals surface area contributed by atoms with Crippen molar-refractivity contribution in [3.8, 4) is 11.5 Å². The largest absolute Gasteiger partial charge is 0.506 e. The molecule has 1 aliphatic carbocycles. The lowest BCUT2D eigenvalue weighted by molar-refractivity contribution is 0.373. The van der Waals surface area contributed by atoms with Crippen LogP contribution in [0.25, 0.3) is 0 Å². The van der Waals surface area contributed by atoms with Crippen LogP contribution in [0.15, 0.2) is 10.5 Å². The zero-order valence-corrected chi connectivity index (χ0v) is 9.77. The minimum atomic E-state index is -0.570. The maximum Gasteiger partial charge on any atom is 0.172 e. The zero-order valence-electron chi connectivity index (χ0n) is 8.18. The van der Waals surface area contributed by atoms with Crippen molar-refractivity contribution in [1.29, 1.82) is 0 Å². The number of phenolic OH excluding ortho intramolecular Hbond substituents is 1. The molecule has 1 saturated carbocycles. The highest BCUT2D eigenvalue weighted by molar-refractivity contribution is 9.10. The molecule has 3 N–H and O–H groups in total. The summed E-state index contributed by atoms with van der Waals surface area (Å²) in [7, 11) is 1.34. The fourth-order valence-corrected chi connectivity index (χ4v) is 2.13. The zero-order chi connectivity index (χ0) is 11.2. The van der Waals surface area contributed by atoms with E-state index in [2.05, 4.69) is 15.9 Å². The van der Waals surface area contributed by atoms with Gasteiger partial charge in [-0.25, -0.2) is 4.39 Å². The van der Waals surface area contributed by atoms with Gasteiger partial charge in [0.05, 0.1) is 7.11 Å². The topological polar surface area (TPSA) is 55.5 Å². The fourth-order valence-electron chi connectivity index (χ4n) is 1.56. The van der Waals surface area contributed by atoms with Crippen molar-refractivity contribution in [2.45, 2.75) is 18.4 Å². The molecule has 0 saturated heterocycles. The lowest BCUT2D eigenvalue weighted by atomic mass is 10.0. The number of rotatable bonds is 2. The number of aromatic hydroxyl groups is 1. The molecule has 1 aromatic carbocycles. The second-order valence-electron chi connectivity index (χ2n) is 3.76. The van der Waals surface area contributed by atoms with Crippen molar-refractivity contribution in [1.82, 2.24) is 0 Å². The standard InChI is InChI=1S/C10H11BrFNO2/c1-15-9-6(12)4-5(8(14)7(9)11)10(13)2-3-10/h4,14H,2-3,13H2,1H3. The molecule has 0 radical (unpaired) electrons. The number of ether oxygens (including phenoxy) is 1. The molecule has 0 amide bonds. The van der Waals surface area contributed by atoms with Crippen LogP contribution >= 0.6 is 15.9 Å². The average molecular weight is 276 g/mol. The maximum atomic E-state index is 13.5. The first kappa shape index (κ1) is 10.7. The maximum absolute atomic E-state index is 13.5. The quantitative estimate of drug-likeness (QED) is 0.871. The van der Waals surface area contributed by atoms with Crippen LogP contribution in [0, 0.1) is 5.82 Å². The Kier molecular flexibility index (Phi) is 2.39. The third-order valence-electron chi connectivity index (χ3n) is 2.68. The molecule has 3 nitrogen and oxygen atoms in total. The van der Waals surface area contributed by atoms with Crippen LogP contribution in [-0.4, -0.2) is 12.2 Å². The SMILES string of the molecule is COc1c(F)cc(C2(N)CC2)c(O)c1Br. The van der Waals surface area contributed by atoms with Crippen LogP contribution in [0.5, 0.6) is 11.5 Å². The van der Waals surface area contributed by atoms with E-state index in [9.17, 15) is 9.50 Å². The molecule has 0 bridgehead atoms. The average Bonchev–Trinajstić information content (AvgIpc) is 2.92. The van der Waals surface area contributed by atoms with E-state index < -0.39 is 11.4 Å². The van der Waals surface area contributed by atoms with Crippen LogP contribution in [0.4, 0.5) is 4.39 Å². The third kappa shape index (κ3) is 1.59. The summed E-state index contributed by atoms with van der Waals surface area (Å²) < 4.78 is 18.6. The molecule has 5 heteroatoms. The van der Waals surface area contributed by atoms with Crippen molar-refractivity contribution >= 4 is 15.9 Å². The Morgan fingerprint density at radius 1 is 1.60 bits per heavy atom. The van der Waals surface area contributed by atoms with E-state index in [-0.39, 0.29) is 16.0 Å². The Balaban J connectivity index is 2.59. The summed E-state index contributed by atoms with van der Waals surface area (Å²) in [5.41, 5.74) is 5.78. The van der Waals surface area contributed by atoms with Gasteiger partial charge in [0.1, 0.15) is 10.2 Å². The van der Waals surface area contributed by atoms with E-state index in [1.807, 2.05) is 0 Å². The van der Waals surface area contributed by atoms with E-state index in [1.54, 1.807) is 0 Å². The van der Waals surface area contributed by atoms with Gasteiger partial charge in [-0.2, -0.15) is 0 Å². The van der Waals surface area contributed by atoms with Crippen LogP contribution in [-0.2, 0) is 5.54 Å². The van der Waals surface area contributed by atoms with Gasteiger partial charge in [0.15, 0.2) is 11.6 Å². The van der Waals surface area contributed by atoms with Gasteiger partial charge in [-0.05, 0) is 34.8 Å². The number of hydrogen-bond acceptors (Lipinski definition) is 3. The van der Waals surface area contributed by atoms with Crippen molar-refractivity contribution in [3.05, 3.63) is 21.9 Å². The normalized spacial score (nSPS) is 17.6. The van der Waals surface area contributed by atoms with Crippen LogP contribution in [0.2, 0.25) is 0 Å². The van der Waals surface area contributed by atoms with Crippen molar-refractivity contribution in [3.63, 3.8) is 0 Å². The minimum Gasteiger partial charge on any atom is -0.506 e. The number of nitrogens with two attached hydrogens (primary N) is 1. The van der Waals surface area contributed by atoms with Gasteiger partial charge in [0.2, 0.25) is 0 Å².